The lowest BCUT2D eigenvalue weighted by molar-refractivity contribution is -0.140. The second-order valence-corrected chi connectivity index (χ2v) is 7.58. The Labute approximate surface area is 164 Å². The number of likely N-dealkylation sites (tertiary alicyclic amines) is 1. The summed E-state index contributed by atoms with van der Waals surface area (Å²) in [6, 6.07) is 6.81. The smallest absolute Gasteiger partial charge is 0.325 e. The Hall–Kier alpha value is -2.90. The lowest BCUT2D eigenvalue weighted by Crippen LogP contribution is -2.48. The largest absolute Gasteiger partial charge is 0.359 e. The van der Waals surface area contributed by atoms with Gasteiger partial charge < -0.3 is 15.5 Å². The summed E-state index contributed by atoms with van der Waals surface area (Å²) in [6.45, 7) is 4.18. The molecule has 8 nitrogen and oxygen atoms in total. The molecule has 2 heterocycles. The topological polar surface area (TPSA) is 98.8 Å². The molecule has 0 saturated carbocycles. The number of carbonyl (C=O) groups excluding carboxylic acids is 4. The molecule has 2 N–H and O–H groups in total. The molecular weight excluding hydrogens is 360 g/mol. The summed E-state index contributed by atoms with van der Waals surface area (Å²) >= 11 is 0. The molecule has 2 saturated heterocycles. The molecule has 1 unspecified atom stereocenters. The molecular formula is C20H26N4O4. The van der Waals surface area contributed by atoms with Crippen molar-refractivity contribution in [2.45, 2.75) is 32.2 Å². The van der Waals surface area contributed by atoms with Crippen LogP contribution in [0.15, 0.2) is 24.3 Å². The Morgan fingerprint density at radius 2 is 1.79 bits per heavy atom. The highest BCUT2D eigenvalue weighted by Crippen LogP contribution is 2.29. The number of benzene rings is 1. The van der Waals surface area contributed by atoms with E-state index < -0.39 is 17.5 Å². The molecule has 1 atom stereocenters. The number of carbonyl (C=O) groups is 4. The number of nitrogens with one attached hydrogen (secondary N) is 2. The molecule has 28 heavy (non-hydrogen) atoms. The van der Waals surface area contributed by atoms with Gasteiger partial charge in [0, 0.05) is 26.1 Å². The lowest BCUT2D eigenvalue weighted by Gasteiger charge is -2.32. The van der Waals surface area contributed by atoms with Gasteiger partial charge in [-0.05, 0) is 32.3 Å². The van der Waals surface area contributed by atoms with Crippen molar-refractivity contribution in [2.24, 2.45) is 5.92 Å². The fourth-order valence-corrected chi connectivity index (χ4v) is 3.75. The summed E-state index contributed by atoms with van der Waals surface area (Å²) in [5.41, 5.74) is 0.547. The minimum Gasteiger partial charge on any atom is -0.359 e. The standard InChI is InChI=1S/C20H26N4O4/c1-13-4-6-15(7-5-13)20(2)18(27)24(19(28)22-20)12-16(25)23-10-8-14(9-11-23)17(26)21-3/h4-7,14H,8-12H2,1-3H3,(H,21,26)(H,22,28). The number of rotatable bonds is 4. The van der Waals surface area contributed by atoms with Gasteiger partial charge in [0.05, 0.1) is 0 Å². The number of urea groups is 1. The summed E-state index contributed by atoms with van der Waals surface area (Å²) in [5.74, 6) is -0.840. The van der Waals surface area contributed by atoms with Crippen molar-refractivity contribution >= 4 is 23.8 Å². The van der Waals surface area contributed by atoms with E-state index in [2.05, 4.69) is 10.6 Å². The van der Waals surface area contributed by atoms with E-state index in [4.69, 9.17) is 0 Å². The van der Waals surface area contributed by atoms with Gasteiger partial charge in [0.2, 0.25) is 11.8 Å². The van der Waals surface area contributed by atoms with Gasteiger partial charge in [0.1, 0.15) is 12.1 Å². The Morgan fingerprint density at radius 3 is 2.36 bits per heavy atom. The normalized spacial score (nSPS) is 23.0. The van der Waals surface area contributed by atoms with Crippen molar-refractivity contribution in [2.75, 3.05) is 26.7 Å². The number of imide groups is 1. The van der Waals surface area contributed by atoms with Crippen molar-refractivity contribution < 1.29 is 19.2 Å². The van der Waals surface area contributed by atoms with E-state index in [1.165, 1.54) is 0 Å². The average Bonchev–Trinajstić information content (AvgIpc) is 2.91. The summed E-state index contributed by atoms with van der Waals surface area (Å²) in [7, 11) is 1.60. The predicted molar refractivity (Wildman–Crippen MR) is 102 cm³/mol. The minimum absolute atomic E-state index is 0.0185. The molecule has 3 rings (SSSR count). The molecule has 1 aromatic carbocycles. The SMILES string of the molecule is CNC(=O)C1CCN(C(=O)CN2C(=O)NC(C)(c3ccc(C)cc3)C2=O)CC1. The first-order chi connectivity index (χ1) is 13.3. The molecule has 0 spiro atoms. The van der Waals surface area contributed by atoms with Crippen LogP contribution in [-0.4, -0.2) is 60.2 Å². The van der Waals surface area contributed by atoms with E-state index in [0.717, 1.165) is 10.5 Å². The highest BCUT2D eigenvalue weighted by molar-refractivity contribution is 6.09. The van der Waals surface area contributed by atoms with Gasteiger partial charge in [-0.15, -0.1) is 0 Å². The van der Waals surface area contributed by atoms with Gasteiger partial charge in [-0.3, -0.25) is 19.3 Å². The zero-order valence-electron chi connectivity index (χ0n) is 16.4. The molecule has 1 aromatic rings. The fourth-order valence-electron chi connectivity index (χ4n) is 3.75. The highest BCUT2D eigenvalue weighted by Gasteiger charge is 2.49. The molecule has 0 aliphatic carbocycles. The van der Waals surface area contributed by atoms with E-state index in [1.54, 1.807) is 18.9 Å². The highest BCUT2D eigenvalue weighted by atomic mass is 16.2. The number of amides is 5. The Kier molecular flexibility index (Phi) is 5.40. The first-order valence-corrected chi connectivity index (χ1v) is 9.47. The van der Waals surface area contributed by atoms with Crippen LogP contribution in [-0.2, 0) is 19.9 Å². The second kappa shape index (κ2) is 7.61. The maximum Gasteiger partial charge on any atom is 0.325 e. The summed E-state index contributed by atoms with van der Waals surface area (Å²) in [5, 5.41) is 5.35. The number of nitrogens with zero attached hydrogens (tertiary/aromatic N) is 2. The number of aryl methyl sites for hydroxylation is 1. The zero-order valence-corrected chi connectivity index (χ0v) is 16.4. The van der Waals surface area contributed by atoms with Crippen LogP contribution in [0.5, 0.6) is 0 Å². The number of piperidine rings is 1. The molecule has 2 fully saturated rings. The molecule has 8 heteroatoms. The quantitative estimate of drug-likeness (QED) is 0.746. The van der Waals surface area contributed by atoms with Crippen molar-refractivity contribution in [3.05, 3.63) is 35.4 Å². The fraction of sp³-hybridized carbons (Fsp3) is 0.500. The van der Waals surface area contributed by atoms with E-state index in [-0.39, 0.29) is 24.3 Å². The van der Waals surface area contributed by atoms with Crippen molar-refractivity contribution in [1.82, 2.24) is 20.4 Å². The molecule has 0 bridgehead atoms. The van der Waals surface area contributed by atoms with E-state index in [0.29, 0.717) is 31.5 Å². The monoisotopic (exact) mass is 386 g/mol. The van der Waals surface area contributed by atoms with Gasteiger partial charge >= 0.3 is 6.03 Å². The molecule has 150 valence electrons. The van der Waals surface area contributed by atoms with Crippen LogP contribution in [0.1, 0.15) is 30.9 Å². The average molecular weight is 386 g/mol. The van der Waals surface area contributed by atoms with Crippen LogP contribution in [0.4, 0.5) is 4.79 Å². The number of hydrogen-bond acceptors (Lipinski definition) is 4. The Bertz CT molecular complexity index is 799. The zero-order chi connectivity index (χ0) is 20.5. The third kappa shape index (κ3) is 3.58. The first-order valence-electron chi connectivity index (χ1n) is 9.47. The van der Waals surface area contributed by atoms with E-state index in [9.17, 15) is 19.2 Å². The molecule has 5 amide bonds. The lowest BCUT2D eigenvalue weighted by atomic mass is 9.91. The van der Waals surface area contributed by atoms with Gasteiger partial charge in [0.15, 0.2) is 0 Å². The third-order valence-corrected chi connectivity index (χ3v) is 5.66. The van der Waals surface area contributed by atoms with Gasteiger partial charge in [-0.25, -0.2) is 4.79 Å². The number of hydrogen-bond donors (Lipinski definition) is 2. The second-order valence-electron chi connectivity index (χ2n) is 7.58. The summed E-state index contributed by atoms with van der Waals surface area (Å²) in [6.07, 6.45) is 1.15. The summed E-state index contributed by atoms with van der Waals surface area (Å²) < 4.78 is 0. The van der Waals surface area contributed by atoms with Crippen LogP contribution in [0.25, 0.3) is 0 Å². The van der Waals surface area contributed by atoms with Crippen LogP contribution < -0.4 is 10.6 Å². The van der Waals surface area contributed by atoms with E-state index in [1.807, 2.05) is 31.2 Å². The predicted octanol–water partition coefficient (Wildman–Crippen LogP) is 0.747. The van der Waals surface area contributed by atoms with Crippen LogP contribution in [0, 0.1) is 12.8 Å². The Morgan fingerprint density at radius 1 is 1.18 bits per heavy atom. The maximum absolute atomic E-state index is 12.9. The van der Waals surface area contributed by atoms with Crippen molar-refractivity contribution in [3.8, 4) is 0 Å². The van der Waals surface area contributed by atoms with Gasteiger partial charge in [-0.1, -0.05) is 29.8 Å². The molecule has 2 aliphatic heterocycles. The molecule has 0 aromatic heterocycles. The van der Waals surface area contributed by atoms with Crippen LogP contribution >= 0.6 is 0 Å². The first kappa shape index (κ1) is 19.9. The van der Waals surface area contributed by atoms with Crippen molar-refractivity contribution in [1.29, 1.82) is 0 Å². The molecule has 2 aliphatic rings. The third-order valence-electron chi connectivity index (χ3n) is 5.66. The van der Waals surface area contributed by atoms with Crippen LogP contribution in [0.3, 0.4) is 0 Å². The maximum atomic E-state index is 12.9. The Balaban J connectivity index is 1.65. The van der Waals surface area contributed by atoms with Crippen LogP contribution in [0.2, 0.25) is 0 Å². The van der Waals surface area contributed by atoms with Gasteiger partial charge in [-0.2, -0.15) is 0 Å². The van der Waals surface area contributed by atoms with E-state index >= 15 is 0 Å². The molecule has 0 radical (unpaired) electrons. The van der Waals surface area contributed by atoms with Gasteiger partial charge in [0.25, 0.3) is 5.91 Å². The van der Waals surface area contributed by atoms with Crippen molar-refractivity contribution in [3.63, 3.8) is 0 Å². The summed E-state index contributed by atoms with van der Waals surface area (Å²) in [4.78, 5) is 52.3. The minimum atomic E-state index is -1.18.